The second kappa shape index (κ2) is 5.58. The van der Waals surface area contributed by atoms with E-state index in [0.29, 0.717) is 11.4 Å². The number of rotatable bonds is 4. The standard InChI is InChI=1S/C8H16BrNO/c1-4-7(5-2)10(3)8(11)6-9/h7H,4-6H2,1-3H3. The van der Waals surface area contributed by atoms with Gasteiger partial charge < -0.3 is 4.90 Å². The number of nitrogens with zero attached hydrogens (tertiary/aromatic N) is 1. The van der Waals surface area contributed by atoms with Crippen LogP contribution in [-0.2, 0) is 4.79 Å². The van der Waals surface area contributed by atoms with Crippen LogP contribution in [0.2, 0.25) is 0 Å². The first-order valence-electron chi connectivity index (χ1n) is 3.98. The van der Waals surface area contributed by atoms with Crippen molar-refractivity contribution in [1.82, 2.24) is 4.90 Å². The highest BCUT2D eigenvalue weighted by Gasteiger charge is 2.14. The van der Waals surface area contributed by atoms with Crippen molar-refractivity contribution in [2.24, 2.45) is 0 Å². The van der Waals surface area contributed by atoms with Gasteiger partial charge in [0.2, 0.25) is 5.91 Å². The van der Waals surface area contributed by atoms with E-state index in [0.717, 1.165) is 12.8 Å². The third-order valence-corrected chi connectivity index (χ3v) is 2.48. The Balaban J connectivity index is 3.97. The van der Waals surface area contributed by atoms with E-state index in [4.69, 9.17) is 0 Å². The number of carbonyl (C=O) groups is 1. The lowest BCUT2D eigenvalue weighted by molar-refractivity contribution is -0.129. The molecule has 0 aromatic carbocycles. The summed E-state index contributed by atoms with van der Waals surface area (Å²) >= 11 is 3.15. The number of amides is 1. The van der Waals surface area contributed by atoms with Gasteiger partial charge in [-0.15, -0.1) is 0 Å². The van der Waals surface area contributed by atoms with Crippen LogP contribution in [0.15, 0.2) is 0 Å². The van der Waals surface area contributed by atoms with Gasteiger partial charge in [0, 0.05) is 13.1 Å². The molecule has 0 rings (SSSR count). The van der Waals surface area contributed by atoms with Crippen molar-refractivity contribution >= 4 is 21.8 Å². The Bertz CT molecular complexity index is 123. The molecule has 0 aliphatic carbocycles. The van der Waals surface area contributed by atoms with E-state index >= 15 is 0 Å². The molecule has 0 unspecified atom stereocenters. The fourth-order valence-electron chi connectivity index (χ4n) is 1.13. The second-order valence-electron chi connectivity index (χ2n) is 2.61. The van der Waals surface area contributed by atoms with Gasteiger partial charge in [-0.25, -0.2) is 0 Å². The van der Waals surface area contributed by atoms with Crippen LogP contribution >= 0.6 is 15.9 Å². The molecule has 0 aliphatic rings. The van der Waals surface area contributed by atoms with Crippen molar-refractivity contribution in [3.63, 3.8) is 0 Å². The van der Waals surface area contributed by atoms with E-state index < -0.39 is 0 Å². The average Bonchev–Trinajstić information content (AvgIpc) is 2.05. The summed E-state index contributed by atoms with van der Waals surface area (Å²) in [6, 6.07) is 0.403. The summed E-state index contributed by atoms with van der Waals surface area (Å²) < 4.78 is 0. The lowest BCUT2D eigenvalue weighted by Gasteiger charge is -2.25. The van der Waals surface area contributed by atoms with Crippen molar-refractivity contribution in [3.05, 3.63) is 0 Å². The van der Waals surface area contributed by atoms with Crippen LogP contribution in [0.4, 0.5) is 0 Å². The lowest BCUT2D eigenvalue weighted by Crippen LogP contribution is -2.36. The van der Waals surface area contributed by atoms with E-state index in [-0.39, 0.29) is 5.91 Å². The minimum atomic E-state index is 0.165. The highest BCUT2D eigenvalue weighted by molar-refractivity contribution is 9.09. The van der Waals surface area contributed by atoms with Gasteiger partial charge in [-0.2, -0.15) is 0 Å². The number of halogens is 1. The zero-order chi connectivity index (χ0) is 8.85. The highest BCUT2D eigenvalue weighted by atomic mass is 79.9. The Morgan fingerprint density at radius 1 is 1.45 bits per heavy atom. The molecule has 0 aromatic heterocycles. The van der Waals surface area contributed by atoms with Crippen LogP contribution in [0.5, 0.6) is 0 Å². The molecule has 2 nitrogen and oxygen atoms in total. The number of alkyl halides is 1. The zero-order valence-electron chi connectivity index (χ0n) is 7.43. The molecule has 0 saturated heterocycles. The molecule has 0 aromatic rings. The van der Waals surface area contributed by atoms with Crippen molar-refractivity contribution in [3.8, 4) is 0 Å². The smallest absolute Gasteiger partial charge is 0.233 e. The van der Waals surface area contributed by atoms with Gasteiger partial charge in [-0.1, -0.05) is 29.8 Å². The van der Waals surface area contributed by atoms with Crippen LogP contribution in [0, 0.1) is 0 Å². The molecule has 0 spiro atoms. The van der Waals surface area contributed by atoms with Gasteiger partial charge in [-0.3, -0.25) is 4.79 Å². The zero-order valence-corrected chi connectivity index (χ0v) is 9.02. The summed E-state index contributed by atoms with van der Waals surface area (Å²) in [6.07, 6.45) is 2.07. The first-order valence-corrected chi connectivity index (χ1v) is 5.11. The minimum Gasteiger partial charge on any atom is -0.342 e. The van der Waals surface area contributed by atoms with E-state index in [1.807, 2.05) is 11.9 Å². The SMILES string of the molecule is CCC(CC)N(C)C(=O)CBr. The number of hydrogen-bond acceptors (Lipinski definition) is 1. The number of carbonyl (C=O) groups excluding carboxylic acids is 1. The molecule has 0 N–H and O–H groups in total. The molecule has 66 valence electrons. The van der Waals surface area contributed by atoms with Crippen LogP contribution < -0.4 is 0 Å². The average molecular weight is 222 g/mol. The van der Waals surface area contributed by atoms with Crippen LogP contribution in [0.1, 0.15) is 26.7 Å². The Morgan fingerprint density at radius 3 is 2.18 bits per heavy atom. The quantitative estimate of drug-likeness (QED) is 0.666. The Kier molecular flexibility index (Phi) is 5.56. The Hall–Kier alpha value is -0.0500. The van der Waals surface area contributed by atoms with Gasteiger partial charge in [0.1, 0.15) is 0 Å². The fourth-order valence-corrected chi connectivity index (χ4v) is 1.53. The molecule has 0 atom stereocenters. The maximum Gasteiger partial charge on any atom is 0.233 e. The van der Waals surface area contributed by atoms with Gasteiger partial charge in [0.05, 0.1) is 5.33 Å². The van der Waals surface area contributed by atoms with E-state index in [9.17, 15) is 4.79 Å². The largest absolute Gasteiger partial charge is 0.342 e. The van der Waals surface area contributed by atoms with E-state index in [2.05, 4.69) is 29.8 Å². The normalized spacial score (nSPS) is 10.3. The molecule has 0 fully saturated rings. The van der Waals surface area contributed by atoms with Crippen molar-refractivity contribution in [1.29, 1.82) is 0 Å². The summed E-state index contributed by atoms with van der Waals surface area (Å²) in [4.78, 5) is 13.0. The molecule has 0 saturated carbocycles. The van der Waals surface area contributed by atoms with Crippen LogP contribution in [0.3, 0.4) is 0 Å². The summed E-state index contributed by atoms with van der Waals surface area (Å²) in [5, 5.41) is 0.431. The molecule has 3 heteroatoms. The van der Waals surface area contributed by atoms with Gasteiger partial charge in [-0.05, 0) is 12.8 Å². The monoisotopic (exact) mass is 221 g/mol. The molecule has 0 aliphatic heterocycles. The second-order valence-corrected chi connectivity index (χ2v) is 3.17. The lowest BCUT2D eigenvalue weighted by atomic mass is 10.1. The minimum absolute atomic E-state index is 0.165. The predicted molar refractivity (Wildman–Crippen MR) is 50.9 cm³/mol. The molecular weight excluding hydrogens is 206 g/mol. The Labute approximate surface area is 77.1 Å². The number of hydrogen-bond donors (Lipinski definition) is 0. The maximum absolute atomic E-state index is 11.2. The summed E-state index contributed by atoms with van der Waals surface area (Å²) in [7, 11) is 1.86. The summed E-state index contributed by atoms with van der Waals surface area (Å²) in [5.41, 5.74) is 0. The third-order valence-electron chi connectivity index (χ3n) is 2.00. The Morgan fingerprint density at radius 2 is 1.91 bits per heavy atom. The van der Waals surface area contributed by atoms with E-state index in [1.54, 1.807) is 0 Å². The first kappa shape index (κ1) is 11.0. The maximum atomic E-state index is 11.2. The van der Waals surface area contributed by atoms with E-state index in [1.165, 1.54) is 0 Å². The van der Waals surface area contributed by atoms with Gasteiger partial charge in [0.15, 0.2) is 0 Å². The topological polar surface area (TPSA) is 20.3 Å². The fraction of sp³-hybridized carbons (Fsp3) is 0.875. The summed E-state index contributed by atoms with van der Waals surface area (Å²) in [5.74, 6) is 0.165. The summed E-state index contributed by atoms with van der Waals surface area (Å²) in [6.45, 7) is 4.21. The molecule has 0 radical (unpaired) electrons. The predicted octanol–water partition coefficient (Wildman–Crippen LogP) is 2.03. The first-order chi connectivity index (χ1) is 5.17. The van der Waals surface area contributed by atoms with Crippen molar-refractivity contribution in [2.45, 2.75) is 32.7 Å². The highest BCUT2D eigenvalue weighted by Crippen LogP contribution is 2.06. The van der Waals surface area contributed by atoms with Crippen LogP contribution in [0.25, 0.3) is 0 Å². The third kappa shape index (κ3) is 3.23. The van der Waals surface area contributed by atoms with Crippen molar-refractivity contribution < 1.29 is 4.79 Å². The molecule has 1 amide bonds. The van der Waals surface area contributed by atoms with Crippen molar-refractivity contribution in [2.75, 3.05) is 12.4 Å². The molecule has 0 heterocycles. The molecular formula is C8H16BrNO. The molecule has 0 bridgehead atoms. The van der Waals surface area contributed by atoms with Gasteiger partial charge in [0.25, 0.3) is 0 Å². The van der Waals surface area contributed by atoms with Crippen LogP contribution in [-0.4, -0.2) is 29.2 Å². The molecule has 11 heavy (non-hydrogen) atoms. The van der Waals surface area contributed by atoms with Gasteiger partial charge >= 0.3 is 0 Å².